The molecule has 0 rings (SSSR count). The number of unbranched alkanes of at least 4 members (excludes halogenated alkanes) is 15. The number of hydrogen-bond donors (Lipinski definition) is 2. The second-order valence-electron chi connectivity index (χ2n) is 11.1. The lowest BCUT2D eigenvalue weighted by Gasteiger charge is -2.05. The Morgan fingerprint density at radius 1 is 0.622 bits per heavy atom. The minimum absolute atomic E-state index is 0.185. The molecule has 0 aromatic carbocycles. The van der Waals surface area contributed by atoms with Gasteiger partial charge in [0.2, 0.25) is 0 Å². The van der Waals surface area contributed by atoms with Crippen LogP contribution in [-0.4, -0.2) is 54.6 Å². The number of aliphatic hydroxyl groups is 1. The molecule has 0 fully saturated rings. The Labute approximate surface area is 272 Å². The van der Waals surface area contributed by atoms with Gasteiger partial charge < -0.3 is 24.4 Å². The van der Waals surface area contributed by atoms with Crippen molar-refractivity contribution < 1.29 is 43.6 Å². The second kappa shape index (κ2) is 33.7. The third-order valence-corrected chi connectivity index (χ3v) is 6.59. The summed E-state index contributed by atoms with van der Waals surface area (Å²) < 4.78 is 13.6. The summed E-state index contributed by atoms with van der Waals surface area (Å²) in [5.74, 6) is -2.34. The van der Waals surface area contributed by atoms with Crippen LogP contribution in [0.4, 0.5) is 0 Å². The van der Waals surface area contributed by atoms with Crippen LogP contribution in [0.2, 0.25) is 0 Å². The number of carboxylic acid groups (broad SMARTS) is 1. The van der Waals surface area contributed by atoms with Crippen molar-refractivity contribution in [3.8, 4) is 0 Å². The second-order valence-corrected chi connectivity index (χ2v) is 11.1. The van der Waals surface area contributed by atoms with E-state index in [0.717, 1.165) is 6.42 Å². The molecule has 0 unspecified atom stereocenters. The minimum atomic E-state index is -1.00. The van der Waals surface area contributed by atoms with Crippen LogP contribution in [0.15, 0.2) is 48.1 Å². The molecule has 0 aliphatic carbocycles. The molecule has 2 N–H and O–H groups in total. The van der Waals surface area contributed by atoms with Crippen LogP contribution in [0.3, 0.4) is 0 Å². The van der Waals surface area contributed by atoms with E-state index in [-0.39, 0.29) is 23.5 Å². The van der Waals surface area contributed by atoms with Crippen LogP contribution in [0.5, 0.6) is 0 Å². The van der Waals surface area contributed by atoms with Crippen molar-refractivity contribution >= 4 is 23.9 Å². The van der Waals surface area contributed by atoms with Crippen LogP contribution >= 0.6 is 0 Å². The van der Waals surface area contributed by atoms with Crippen molar-refractivity contribution in [2.75, 3.05) is 20.5 Å². The molecule has 0 atom stereocenters. The van der Waals surface area contributed by atoms with Gasteiger partial charge in [0.15, 0.2) is 6.79 Å². The van der Waals surface area contributed by atoms with Crippen LogP contribution < -0.4 is 0 Å². The fourth-order valence-electron chi connectivity index (χ4n) is 3.71. The van der Waals surface area contributed by atoms with Gasteiger partial charge in [-0.2, -0.15) is 0 Å². The first-order valence-corrected chi connectivity index (χ1v) is 16.3. The Morgan fingerprint density at radius 2 is 1.00 bits per heavy atom. The van der Waals surface area contributed by atoms with Crippen LogP contribution in [0.25, 0.3) is 0 Å². The monoisotopic (exact) mass is 638 g/mol. The first-order valence-electron chi connectivity index (χ1n) is 16.3. The zero-order valence-electron chi connectivity index (χ0n) is 28.9. The molecule has 0 saturated carbocycles. The minimum Gasteiger partial charge on any atom is -0.478 e. The van der Waals surface area contributed by atoms with Crippen molar-refractivity contribution in [1.82, 2.24) is 0 Å². The highest BCUT2D eigenvalue weighted by atomic mass is 16.6. The quantitative estimate of drug-likeness (QED) is 0.0350. The van der Waals surface area contributed by atoms with Gasteiger partial charge in [-0.25, -0.2) is 19.2 Å². The number of hydrogen-bond acceptors (Lipinski definition) is 8. The highest BCUT2D eigenvalue weighted by Crippen LogP contribution is 2.14. The predicted molar refractivity (Wildman–Crippen MR) is 180 cm³/mol. The van der Waals surface area contributed by atoms with E-state index < -0.39 is 24.7 Å². The van der Waals surface area contributed by atoms with Gasteiger partial charge in [-0.3, -0.25) is 0 Å². The molecule has 0 bridgehead atoms. The average Bonchev–Trinajstić information content (AvgIpc) is 3.01. The van der Waals surface area contributed by atoms with Gasteiger partial charge in [0, 0.05) is 22.3 Å². The summed E-state index contributed by atoms with van der Waals surface area (Å²) in [6, 6.07) is 0. The summed E-state index contributed by atoms with van der Waals surface area (Å²) in [5.41, 5.74) is 1.21. The number of aliphatic hydroxyl groups excluding tert-OH is 1. The summed E-state index contributed by atoms with van der Waals surface area (Å²) in [6.07, 6.45) is 23.4. The molecular formula is C36H62O9. The summed E-state index contributed by atoms with van der Waals surface area (Å²) in [6.45, 7) is 17.2. The molecule has 0 heterocycles. The van der Waals surface area contributed by atoms with Gasteiger partial charge >= 0.3 is 23.9 Å². The highest BCUT2D eigenvalue weighted by Gasteiger charge is 2.06. The first-order chi connectivity index (χ1) is 21.3. The lowest BCUT2D eigenvalue weighted by molar-refractivity contribution is -0.147. The predicted octanol–water partition coefficient (Wildman–Crippen LogP) is 8.56. The average molecular weight is 639 g/mol. The maximum absolute atomic E-state index is 11.2. The van der Waals surface area contributed by atoms with Gasteiger partial charge in [0.1, 0.15) is 0 Å². The van der Waals surface area contributed by atoms with Crippen LogP contribution in [-0.2, 0) is 33.4 Å². The molecule has 0 spiro atoms. The number of allylic oxidation sites excluding steroid dienone is 1. The van der Waals surface area contributed by atoms with E-state index in [4.69, 9.17) is 14.9 Å². The van der Waals surface area contributed by atoms with E-state index in [0.29, 0.717) is 17.8 Å². The number of aliphatic carboxylic acids is 1. The zero-order chi connectivity index (χ0) is 34.9. The Hall–Kier alpha value is -3.20. The number of carboxylic acids is 1. The van der Waals surface area contributed by atoms with Crippen LogP contribution in [0.1, 0.15) is 137 Å². The molecule has 0 radical (unpaired) electrons. The first kappa shape index (κ1) is 46.2. The normalized spacial score (nSPS) is 10.3. The molecular weight excluding hydrogens is 576 g/mol. The Kier molecular flexibility index (Phi) is 34.6. The molecule has 0 amide bonds. The Balaban J connectivity index is -0.000000697. The molecule has 0 saturated heterocycles. The van der Waals surface area contributed by atoms with E-state index >= 15 is 0 Å². The Bertz CT molecular complexity index is 887. The molecule has 45 heavy (non-hydrogen) atoms. The topological polar surface area (TPSA) is 136 Å². The summed E-state index contributed by atoms with van der Waals surface area (Å²) >= 11 is 0. The van der Waals surface area contributed by atoms with Crippen molar-refractivity contribution in [3.63, 3.8) is 0 Å². The molecule has 260 valence electrons. The van der Waals surface area contributed by atoms with Gasteiger partial charge in [0.05, 0.1) is 13.7 Å². The van der Waals surface area contributed by atoms with E-state index in [1.54, 1.807) is 6.92 Å². The molecule has 0 aromatic rings. The lowest BCUT2D eigenvalue weighted by atomic mass is 10.0. The smallest absolute Gasteiger partial charge is 0.335 e. The summed E-state index contributed by atoms with van der Waals surface area (Å²) in [4.78, 5) is 42.6. The fourth-order valence-corrected chi connectivity index (χ4v) is 3.71. The summed E-state index contributed by atoms with van der Waals surface area (Å²) in [5, 5.41) is 16.5. The van der Waals surface area contributed by atoms with Crippen molar-refractivity contribution in [2.45, 2.75) is 137 Å². The number of methoxy groups -OCH3 is 1. The third-order valence-electron chi connectivity index (χ3n) is 6.59. The number of esters is 3. The van der Waals surface area contributed by atoms with Gasteiger partial charge in [-0.15, -0.1) is 0 Å². The number of rotatable bonds is 24. The van der Waals surface area contributed by atoms with E-state index in [2.05, 4.69) is 36.1 Å². The van der Waals surface area contributed by atoms with Crippen molar-refractivity contribution in [1.29, 1.82) is 0 Å². The SMILES string of the molecule is C=C(C)C(=O)OCCCCCCCCCCCCCCCCCC.C=C(C)C(=O)OCO.C=C(CC=C(C)C(=O)O)C(=O)OC. The largest absolute Gasteiger partial charge is 0.478 e. The Morgan fingerprint density at radius 3 is 1.31 bits per heavy atom. The number of ether oxygens (including phenoxy) is 3. The standard InChI is InChI=1S/C22H42O2.C9H12O4.C5H8O3/c1-4-5-6-7-8-9-10-11-12-13-14-15-16-17-18-19-20-24-22(23)21(2)3;1-6(8(10)11)4-5-7(2)9(12)13-3;1-4(2)5(7)8-3-6/h2,4-20H2,1,3H3;4H,2,5H2,1,3H3,(H,10,11);6H,1,3H2,2H3. The van der Waals surface area contributed by atoms with E-state index in [1.807, 2.05) is 0 Å². The van der Waals surface area contributed by atoms with Crippen molar-refractivity contribution in [3.05, 3.63) is 48.1 Å². The van der Waals surface area contributed by atoms with Gasteiger partial charge in [-0.05, 0) is 33.6 Å². The fraction of sp³-hybridized carbons (Fsp3) is 0.667. The molecule has 0 aliphatic rings. The highest BCUT2D eigenvalue weighted by molar-refractivity contribution is 5.89. The van der Waals surface area contributed by atoms with Crippen molar-refractivity contribution in [2.24, 2.45) is 0 Å². The van der Waals surface area contributed by atoms with Gasteiger partial charge in [-0.1, -0.05) is 129 Å². The molecule has 0 aliphatic heterocycles. The maximum atomic E-state index is 11.2. The van der Waals surface area contributed by atoms with E-state index in [9.17, 15) is 19.2 Å². The third kappa shape index (κ3) is 35.2. The van der Waals surface area contributed by atoms with E-state index in [1.165, 1.54) is 123 Å². The van der Waals surface area contributed by atoms with Gasteiger partial charge in [0.25, 0.3) is 0 Å². The lowest BCUT2D eigenvalue weighted by Crippen LogP contribution is -2.05. The zero-order valence-corrected chi connectivity index (χ0v) is 28.9. The number of carbonyl (C=O) groups is 4. The van der Waals surface area contributed by atoms with Crippen LogP contribution in [0, 0.1) is 0 Å². The molecule has 9 nitrogen and oxygen atoms in total. The molecule has 9 heteroatoms. The molecule has 0 aromatic heterocycles. The maximum Gasteiger partial charge on any atom is 0.335 e. The number of carbonyl (C=O) groups excluding carboxylic acids is 3. The summed E-state index contributed by atoms with van der Waals surface area (Å²) in [7, 11) is 1.25.